The van der Waals surface area contributed by atoms with Crippen LogP contribution in [0.4, 0.5) is 5.82 Å². The van der Waals surface area contributed by atoms with Gasteiger partial charge in [-0.15, -0.1) is 0 Å². The van der Waals surface area contributed by atoms with E-state index < -0.39 is 0 Å². The first kappa shape index (κ1) is 10.9. The van der Waals surface area contributed by atoms with Crippen LogP contribution < -0.4 is 4.90 Å². The molecular weight excluding hydrogens is 256 g/mol. The van der Waals surface area contributed by atoms with Crippen molar-refractivity contribution in [2.75, 3.05) is 18.0 Å². The van der Waals surface area contributed by atoms with Crippen molar-refractivity contribution in [3.8, 4) is 0 Å². The summed E-state index contributed by atoms with van der Waals surface area (Å²) in [6.45, 7) is 3.80. The number of nitrogens with zero attached hydrogens (tertiary/aromatic N) is 2. The molecule has 1 aromatic heterocycles. The molecule has 2 rings (SSSR count). The van der Waals surface area contributed by atoms with Gasteiger partial charge in [-0.3, -0.25) is 0 Å². The van der Waals surface area contributed by atoms with Crippen LogP contribution in [0, 0.1) is 5.92 Å². The number of halogens is 1. The van der Waals surface area contributed by atoms with E-state index in [1.807, 2.05) is 12.1 Å². The molecule has 2 atom stereocenters. The molecule has 82 valence electrons. The second-order valence-corrected chi connectivity index (χ2v) is 5.06. The van der Waals surface area contributed by atoms with Crippen molar-refractivity contribution in [2.24, 2.45) is 5.92 Å². The third kappa shape index (κ3) is 2.49. The second-order valence-electron chi connectivity index (χ2n) is 4.21. The van der Waals surface area contributed by atoms with E-state index in [4.69, 9.17) is 0 Å². The average molecular weight is 271 g/mol. The van der Waals surface area contributed by atoms with Gasteiger partial charge in [0.1, 0.15) is 5.82 Å². The maximum Gasteiger partial charge on any atom is 0.142 e. The van der Waals surface area contributed by atoms with Crippen molar-refractivity contribution < 1.29 is 5.11 Å². The third-order valence-electron chi connectivity index (χ3n) is 2.68. The Labute approximate surface area is 98.3 Å². The van der Waals surface area contributed by atoms with Gasteiger partial charge in [-0.25, -0.2) is 4.98 Å². The summed E-state index contributed by atoms with van der Waals surface area (Å²) in [6, 6.07) is 3.88. The van der Waals surface area contributed by atoms with Gasteiger partial charge in [-0.05, 0) is 40.4 Å². The van der Waals surface area contributed by atoms with Crippen LogP contribution in [0.15, 0.2) is 22.8 Å². The molecule has 3 nitrogen and oxygen atoms in total. The summed E-state index contributed by atoms with van der Waals surface area (Å²) in [5.41, 5.74) is 0. The molecule has 2 unspecified atom stereocenters. The normalized spacial score (nSPS) is 26.7. The number of aromatic nitrogens is 1. The summed E-state index contributed by atoms with van der Waals surface area (Å²) in [7, 11) is 0. The highest BCUT2D eigenvalue weighted by atomic mass is 79.9. The third-order valence-corrected chi connectivity index (χ3v) is 3.30. The smallest absolute Gasteiger partial charge is 0.142 e. The van der Waals surface area contributed by atoms with E-state index in [1.165, 1.54) is 0 Å². The van der Waals surface area contributed by atoms with Crippen LogP contribution in [-0.4, -0.2) is 29.3 Å². The molecule has 0 radical (unpaired) electrons. The summed E-state index contributed by atoms with van der Waals surface area (Å²) in [4.78, 5) is 6.48. The number of aliphatic hydroxyl groups is 1. The first-order valence-electron chi connectivity index (χ1n) is 5.20. The highest BCUT2D eigenvalue weighted by Gasteiger charge is 2.24. The molecule has 1 aliphatic heterocycles. The molecule has 0 bridgehead atoms. The molecule has 1 saturated heterocycles. The van der Waals surface area contributed by atoms with Gasteiger partial charge in [-0.1, -0.05) is 6.92 Å². The van der Waals surface area contributed by atoms with Gasteiger partial charge in [0.05, 0.1) is 10.6 Å². The summed E-state index contributed by atoms with van der Waals surface area (Å²) >= 11 is 3.49. The topological polar surface area (TPSA) is 36.4 Å². The van der Waals surface area contributed by atoms with Gasteiger partial charge in [0.15, 0.2) is 0 Å². The molecule has 15 heavy (non-hydrogen) atoms. The van der Waals surface area contributed by atoms with Crippen LogP contribution in [0.3, 0.4) is 0 Å². The van der Waals surface area contributed by atoms with Crippen molar-refractivity contribution >= 4 is 21.7 Å². The zero-order valence-electron chi connectivity index (χ0n) is 8.73. The van der Waals surface area contributed by atoms with Gasteiger partial charge in [0, 0.05) is 19.3 Å². The van der Waals surface area contributed by atoms with Crippen LogP contribution in [0.5, 0.6) is 0 Å². The number of hydrogen-bond donors (Lipinski definition) is 1. The fourth-order valence-corrected chi connectivity index (χ4v) is 2.61. The maximum absolute atomic E-state index is 9.72. The zero-order chi connectivity index (χ0) is 10.8. The summed E-state index contributed by atoms with van der Waals surface area (Å²) < 4.78 is 0.992. The predicted molar refractivity (Wildman–Crippen MR) is 63.9 cm³/mol. The van der Waals surface area contributed by atoms with Crippen molar-refractivity contribution in [1.29, 1.82) is 0 Å². The SMILES string of the molecule is CC1CC(O)CN(c2ncccc2Br)C1. The van der Waals surface area contributed by atoms with E-state index >= 15 is 0 Å². The highest BCUT2D eigenvalue weighted by molar-refractivity contribution is 9.10. The Morgan fingerprint density at radius 3 is 3.00 bits per heavy atom. The average Bonchev–Trinajstić information content (AvgIpc) is 2.16. The van der Waals surface area contributed by atoms with Crippen LogP contribution in [0.1, 0.15) is 13.3 Å². The summed E-state index contributed by atoms with van der Waals surface area (Å²) in [6.07, 6.45) is 2.44. The lowest BCUT2D eigenvalue weighted by atomic mass is 9.98. The van der Waals surface area contributed by atoms with Gasteiger partial charge in [0.25, 0.3) is 0 Å². The summed E-state index contributed by atoms with van der Waals surface area (Å²) in [5.74, 6) is 1.45. The Morgan fingerprint density at radius 2 is 2.33 bits per heavy atom. The lowest BCUT2D eigenvalue weighted by molar-refractivity contribution is 0.132. The van der Waals surface area contributed by atoms with Crippen LogP contribution >= 0.6 is 15.9 Å². The predicted octanol–water partition coefficient (Wildman–Crippen LogP) is 2.05. The van der Waals surface area contributed by atoms with Crippen LogP contribution in [-0.2, 0) is 0 Å². The van der Waals surface area contributed by atoms with Crippen molar-refractivity contribution in [3.05, 3.63) is 22.8 Å². The minimum Gasteiger partial charge on any atom is -0.391 e. The van der Waals surface area contributed by atoms with E-state index in [2.05, 4.69) is 32.7 Å². The molecule has 4 heteroatoms. The molecule has 0 aliphatic carbocycles. The molecule has 0 amide bonds. The fraction of sp³-hybridized carbons (Fsp3) is 0.545. The zero-order valence-corrected chi connectivity index (χ0v) is 10.3. The molecule has 1 N–H and O–H groups in total. The number of anilines is 1. The molecule has 1 aliphatic rings. The number of rotatable bonds is 1. The monoisotopic (exact) mass is 270 g/mol. The quantitative estimate of drug-likeness (QED) is 0.849. The van der Waals surface area contributed by atoms with Crippen molar-refractivity contribution in [3.63, 3.8) is 0 Å². The van der Waals surface area contributed by atoms with E-state index in [9.17, 15) is 5.11 Å². The van der Waals surface area contributed by atoms with Gasteiger partial charge < -0.3 is 10.0 Å². The van der Waals surface area contributed by atoms with Crippen LogP contribution in [0.25, 0.3) is 0 Å². The maximum atomic E-state index is 9.72. The molecular formula is C11H15BrN2O. The molecule has 0 saturated carbocycles. The highest BCUT2D eigenvalue weighted by Crippen LogP contribution is 2.27. The number of β-amino-alcohol motifs (C(OH)–C–C–N with tert-alkyl or cyclic N) is 1. The molecule has 0 aromatic carbocycles. The lowest BCUT2D eigenvalue weighted by Gasteiger charge is -2.35. The molecule has 0 spiro atoms. The Kier molecular flexibility index (Phi) is 3.26. The van der Waals surface area contributed by atoms with E-state index in [-0.39, 0.29) is 6.10 Å². The first-order chi connectivity index (χ1) is 7.16. The van der Waals surface area contributed by atoms with Crippen LogP contribution in [0.2, 0.25) is 0 Å². The summed E-state index contributed by atoms with van der Waals surface area (Å²) in [5, 5.41) is 9.72. The molecule has 1 aromatic rings. The van der Waals surface area contributed by atoms with E-state index in [0.29, 0.717) is 12.5 Å². The Balaban J connectivity index is 2.20. The largest absolute Gasteiger partial charge is 0.391 e. The van der Waals surface area contributed by atoms with E-state index in [0.717, 1.165) is 23.3 Å². The van der Waals surface area contributed by atoms with Crippen molar-refractivity contribution in [2.45, 2.75) is 19.4 Å². The lowest BCUT2D eigenvalue weighted by Crippen LogP contribution is -2.42. The Hall–Kier alpha value is -0.610. The Bertz CT molecular complexity index is 335. The van der Waals surface area contributed by atoms with Gasteiger partial charge in [0.2, 0.25) is 0 Å². The van der Waals surface area contributed by atoms with Gasteiger partial charge in [-0.2, -0.15) is 0 Å². The number of hydrogen-bond acceptors (Lipinski definition) is 3. The standard InChI is InChI=1S/C11H15BrN2O/c1-8-5-9(15)7-14(6-8)11-10(12)3-2-4-13-11/h2-4,8-9,15H,5-7H2,1H3. The number of aliphatic hydroxyl groups excluding tert-OH is 1. The number of pyridine rings is 1. The molecule has 2 heterocycles. The van der Waals surface area contributed by atoms with Gasteiger partial charge >= 0.3 is 0 Å². The van der Waals surface area contributed by atoms with Crippen molar-refractivity contribution in [1.82, 2.24) is 4.98 Å². The Morgan fingerprint density at radius 1 is 1.53 bits per heavy atom. The fourth-order valence-electron chi connectivity index (χ4n) is 2.10. The minimum absolute atomic E-state index is 0.234. The minimum atomic E-state index is -0.234. The molecule has 1 fully saturated rings. The number of piperidine rings is 1. The second kappa shape index (κ2) is 4.49. The first-order valence-corrected chi connectivity index (χ1v) is 5.99. The van der Waals surface area contributed by atoms with E-state index in [1.54, 1.807) is 6.20 Å².